The summed E-state index contributed by atoms with van der Waals surface area (Å²) in [5, 5.41) is 10.5. The Kier molecular flexibility index (Phi) is 3.11. The second-order valence-electron chi connectivity index (χ2n) is 5.55. The van der Waals surface area contributed by atoms with E-state index in [9.17, 15) is 4.79 Å². The van der Waals surface area contributed by atoms with Gasteiger partial charge in [0.25, 0.3) is 0 Å². The van der Waals surface area contributed by atoms with Gasteiger partial charge in [0.15, 0.2) is 5.82 Å². The molecule has 6 nitrogen and oxygen atoms in total. The third-order valence-corrected chi connectivity index (χ3v) is 3.91. The van der Waals surface area contributed by atoms with Gasteiger partial charge >= 0.3 is 0 Å². The van der Waals surface area contributed by atoms with Crippen LogP contribution in [-0.4, -0.2) is 25.5 Å². The lowest BCUT2D eigenvalue weighted by Gasteiger charge is -1.98. The van der Waals surface area contributed by atoms with Crippen LogP contribution in [0.15, 0.2) is 30.6 Å². The lowest BCUT2D eigenvalue weighted by Crippen LogP contribution is -2.14. The zero-order valence-corrected chi connectivity index (χ0v) is 12.5. The molecule has 4 rings (SSSR count). The first kappa shape index (κ1) is 13.3. The largest absolute Gasteiger partial charge is 0.309 e. The highest BCUT2D eigenvalue weighted by molar-refractivity contribution is 6.30. The van der Waals surface area contributed by atoms with Crippen LogP contribution >= 0.6 is 11.6 Å². The molecule has 7 heteroatoms. The maximum Gasteiger partial charge on any atom is 0.231 e. The molecule has 0 saturated heterocycles. The number of hydrogen-bond donors (Lipinski definition) is 2. The van der Waals surface area contributed by atoms with E-state index in [2.05, 4.69) is 20.5 Å². The average Bonchev–Trinajstić information content (AvgIpc) is 3.10. The van der Waals surface area contributed by atoms with Gasteiger partial charge in [-0.25, -0.2) is 4.98 Å². The Morgan fingerprint density at radius 2 is 2.27 bits per heavy atom. The van der Waals surface area contributed by atoms with Crippen LogP contribution in [0.5, 0.6) is 0 Å². The van der Waals surface area contributed by atoms with E-state index < -0.39 is 0 Å². The first-order chi connectivity index (χ1) is 10.7. The van der Waals surface area contributed by atoms with Crippen LogP contribution in [-0.2, 0) is 11.2 Å². The smallest absolute Gasteiger partial charge is 0.231 e. The van der Waals surface area contributed by atoms with E-state index in [-0.39, 0.29) is 12.3 Å². The van der Waals surface area contributed by atoms with Crippen molar-refractivity contribution in [2.24, 2.45) is 0 Å². The Hall–Kier alpha value is -2.34. The molecule has 0 radical (unpaired) electrons. The van der Waals surface area contributed by atoms with Gasteiger partial charge in [-0.3, -0.25) is 9.89 Å². The number of halogens is 1. The van der Waals surface area contributed by atoms with Crippen LogP contribution in [0.4, 0.5) is 5.82 Å². The van der Waals surface area contributed by atoms with Gasteiger partial charge in [-0.15, -0.1) is 0 Å². The van der Waals surface area contributed by atoms with Gasteiger partial charge in [-0.1, -0.05) is 11.6 Å². The average molecular weight is 316 g/mol. The first-order valence-electron chi connectivity index (χ1n) is 7.16. The zero-order valence-electron chi connectivity index (χ0n) is 11.7. The number of carbonyl (C=O) groups excluding carboxylic acids is 1. The van der Waals surface area contributed by atoms with Crippen molar-refractivity contribution in [3.8, 4) is 0 Å². The summed E-state index contributed by atoms with van der Waals surface area (Å²) in [7, 11) is 0. The molecule has 3 aromatic rings. The highest BCUT2D eigenvalue weighted by Gasteiger charge is 2.25. The molecular weight excluding hydrogens is 302 g/mol. The number of hydrogen-bond acceptors (Lipinski definition) is 3. The van der Waals surface area contributed by atoms with Gasteiger partial charge in [0.2, 0.25) is 5.91 Å². The van der Waals surface area contributed by atoms with E-state index in [0.29, 0.717) is 22.5 Å². The molecule has 1 aliphatic rings. The number of carbonyl (C=O) groups is 1. The number of nitrogens with zero attached hydrogens (tertiary/aromatic N) is 3. The monoisotopic (exact) mass is 315 g/mol. The fraction of sp³-hybridized carbons (Fsp3) is 0.267. The number of fused-ring (bicyclic) bond motifs is 1. The summed E-state index contributed by atoms with van der Waals surface area (Å²) in [5.74, 6) is 1.02. The van der Waals surface area contributed by atoms with E-state index in [1.54, 1.807) is 18.5 Å². The van der Waals surface area contributed by atoms with Crippen LogP contribution in [0.1, 0.15) is 30.1 Å². The minimum absolute atomic E-state index is 0.136. The van der Waals surface area contributed by atoms with Gasteiger partial charge in [-0.2, -0.15) is 5.10 Å². The quantitative estimate of drug-likeness (QED) is 0.777. The van der Waals surface area contributed by atoms with Gasteiger partial charge in [0.05, 0.1) is 17.1 Å². The predicted molar refractivity (Wildman–Crippen MR) is 83.1 cm³/mol. The lowest BCUT2D eigenvalue weighted by atomic mass is 10.3. The minimum atomic E-state index is -0.136. The minimum Gasteiger partial charge on any atom is -0.309 e. The van der Waals surface area contributed by atoms with E-state index >= 15 is 0 Å². The SMILES string of the molecule is O=C(Cc1cn2cc(Cl)ccc2n1)Nc1cc(C2CC2)[nH]n1. The maximum atomic E-state index is 12.1. The number of imidazole rings is 1. The summed E-state index contributed by atoms with van der Waals surface area (Å²) in [6.45, 7) is 0. The van der Waals surface area contributed by atoms with Crippen LogP contribution in [0.3, 0.4) is 0 Å². The second-order valence-corrected chi connectivity index (χ2v) is 5.99. The Morgan fingerprint density at radius 3 is 3.09 bits per heavy atom. The second kappa shape index (κ2) is 5.14. The molecule has 0 unspecified atom stereocenters. The number of pyridine rings is 1. The highest BCUT2D eigenvalue weighted by Crippen LogP contribution is 2.39. The molecule has 1 saturated carbocycles. The molecule has 1 aliphatic carbocycles. The Bertz CT molecular complexity index is 849. The summed E-state index contributed by atoms with van der Waals surface area (Å²) in [6, 6.07) is 5.50. The summed E-state index contributed by atoms with van der Waals surface area (Å²) < 4.78 is 1.81. The lowest BCUT2D eigenvalue weighted by molar-refractivity contribution is -0.115. The van der Waals surface area contributed by atoms with Crippen LogP contribution in [0, 0.1) is 0 Å². The fourth-order valence-corrected chi connectivity index (χ4v) is 2.63. The Balaban J connectivity index is 1.45. The molecule has 1 amide bonds. The topological polar surface area (TPSA) is 75.1 Å². The molecule has 0 bridgehead atoms. The molecule has 0 spiro atoms. The van der Waals surface area contributed by atoms with E-state index in [1.165, 1.54) is 12.8 Å². The standard InChI is InChI=1S/C15H14ClN5O/c16-10-3-4-14-17-11(8-21(14)7-10)5-15(22)18-13-6-12(19-20-13)9-1-2-9/h3-4,6-9H,1-2,5H2,(H2,18,19,20,22). The van der Waals surface area contributed by atoms with Crippen molar-refractivity contribution in [3.05, 3.63) is 47.0 Å². The van der Waals surface area contributed by atoms with Crippen molar-refractivity contribution in [2.75, 3.05) is 5.32 Å². The number of nitrogens with one attached hydrogen (secondary N) is 2. The zero-order chi connectivity index (χ0) is 15.1. The normalized spacial score (nSPS) is 14.4. The maximum absolute atomic E-state index is 12.1. The van der Waals surface area contributed by atoms with Crippen molar-refractivity contribution in [2.45, 2.75) is 25.2 Å². The number of rotatable bonds is 4. The number of aromatic nitrogens is 4. The molecule has 0 aromatic carbocycles. The number of aromatic amines is 1. The third-order valence-electron chi connectivity index (χ3n) is 3.69. The summed E-state index contributed by atoms with van der Waals surface area (Å²) in [6.07, 6.45) is 6.16. The molecule has 0 aliphatic heterocycles. The first-order valence-corrected chi connectivity index (χ1v) is 7.53. The van der Waals surface area contributed by atoms with Crippen molar-refractivity contribution in [3.63, 3.8) is 0 Å². The summed E-state index contributed by atoms with van der Waals surface area (Å²) in [4.78, 5) is 16.5. The van der Waals surface area contributed by atoms with E-state index in [4.69, 9.17) is 11.6 Å². The molecule has 3 heterocycles. The molecular formula is C15H14ClN5O. The highest BCUT2D eigenvalue weighted by atomic mass is 35.5. The molecule has 22 heavy (non-hydrogen) atoms. The van der Waals surface area contributed by atoms with Crippen molar-refractivity contribution in [1.29, 1.82) is 0 Å². The number of anilines is 1. The van der Waals surface area contributed by atoms with Gasteiger partial charge in [0, 0.05) is 30.1 Å². The number of amides is 1. The molecule has 112 valence electrons. The predicted octanol–water partition coefficient (Wildman–Crippen LogP) is 2.77. The van der Waals surface area contributed by atoms with Crippen LogP contribution in [0.2, 0.25) is 5.02 Å². The van der Waals surface area contributed by atoms with Crippen LogP contribution < -0.4 is 5.32 Å². The van der Waals surface area contributed by atoms with Crippen molar-refractivity contribution >= 4 is 29.0 Å². The van der Waals surface area contributed by atoms with E-state index in [1.807, 2.05) is 16.5 Å². The summed E-state index contributed by atoms with van der Waals surface area (Å²) >= 11 is 5.93. The molecule has 2 N–H and O–H groups in total. The molecule has 0 atom stereocenters. The Morgan fingerprint density at radius 1 is 1.41 bits per heavy atom. The van der Waals surface area contributed by atoms with Gasteiger partial charge in [-0.05, 0) is 25.0 Å². The third kappa shape index (κ3) is 2.69. The number of H-pyrrole nitrogens is 1. The fourth-order valence-electron chi connectivity index (χ4n) is 2.46. The van der Waals surface area contributed by atoms with Gasteiger partial charge < -0.3 is 9.72 Å². The molecule has 3 aromatic heterocycles. The van der Waals surface area contributed by atoms with Crippen molar-refractivity contribution < 1.29 is 4.79 Å². The van der Waals surface area contributed by atoms with E-state index in [0.717, 1.165) is 11.3 Å². The Labute approximate surface area is 131 Å². The van der Waals surface area contributed by atoms with Gasteiger partial charge in [0.1, 0.15) is 5.65 Å². The van der Waals surface area contributed by atoms with Crippen molar-refractivity contribution in [1.82, 2.24) is 19.6 Å². The summed E-state index contributed by atoms with van der Waals surface area (Å²) in [5.41, 5.74) is 2.55. The molecule has 1 fully saturated rings. The van der Waals surface area contributed by atoms with Crippen LogP contribution in [0.25, 0.3) is 5.65 Å².